The van der Waals surface area contributed by atoms with Gasteiger partial charge in [-0.15, -0.1) is 26.3 Å². The van der Waals surface area contributed by atoms with Gasteiger partial charge in [-0.2, -0.15) is 0 Å². The summed E-state index contributed by atoms with van der Waals surface area (Å²) in [5, 5.41) is 0. The standard InChI is InChI=1S/C47H35F6NO2/c48-46(49,50)55-44-29-15-37(16-30-44)5-3-35-11-25-42(26-12-35)54(41-23-9-34(10-24-41)2-1-33-7-19-39(20-8-33)40-21-22-40)43-27-13-36(14-28-43)4-6-38-17-31-45(32-18-38)56-47(51,52)53/h1-20,23-32,40H,21-22H2/b2-1+,5-3+,6-4+. The van der Waals surface area contributed by atoms with E-state index in [1.54, 1.807) is 24.3 Å². The molecular weight excluding hydrogens is 725 g/mol. The zero-order valence-corrected chi connectivity index (χ0v) is 29.8. The molecule has 56 heavy (non-hydrogen) atoms. The molecule has 0 radical (unpaired) electrons. The Morgan fingerprint density at radius 3 is 0.875 bits per heavy atom. The van der Waals surface area contributed by atoms with E-state index in [4.69, 9.17) is 0 Å². The Morgan fingerprint density at radius 1 is 0.375 bits per heavy atom. The van der Waals surface area contributed by atoms with Crippen molar-refractivity contribution in [1.29, 1.82) is 0 Å². The lowest BCUT2D eigenvalue weighted by molar-refractivity contribution is -0.275. The van der Waals surface area contributed by atoms with Crippen molar-refractivity contribution in [3.8, 4) is 11.5 Å². The fraction of sp³-hybridized carbons (Fsp3) is 0.106. The Labute approximate surface area is 321 Å². The normalized spacial score (nSPS) is 13.5. The number of nitrogens with zero attached hydrogens (tertiary/aromatic N) is 1. The summed E-state index contributed by atoms with van der Waals surface area (Å²) in [7, 11) is 0. The summed E-state index contributed by atoms with van der Waals surface area (Å²) in [4.78, 5) is 2.13. The van der Waals surface area contributed by atoms with Gasteiger partial charge in [-0.1, -0.05) is 121 Å². The van der Waals surface area contributed by atoms with Crippen LogP contribution in [0.25, 0.3) is 36.5 Å². The van der Waals surface area contributed by atoms with Gasteiger partial charge >= 0.3 is 12.7 Å². The zero-order valence-electron chi connectivity index (χ0n) is 29.8. The van der Waals surface area contributed by atoms with Crippen LogP contribution in [-0.4, -0.2) is 12.7 Å². The van der Waals surface area contributed by atoms with Crippen LogP contribution in [0.5, 0.6) is 11.5 Å². The summed E-state index contributed by atoms with van der Waals surface area (Å²) in [5.74, 6) is 0.161. The second-order valence-electron chi connectivity index (χ2n) is 13.3. The van der Waals surface area contributed by atoms with Gasteiger partial charge in [-0.05, 0) is 118 Å². The van der Waals surface area contributed by atoms with Gasteiger partial charge in [0.05, 0.1) is 0 Å². The summed E-state index contributed by atoms with van der Waals surface area (Å²) < 4.78 is 83.1. The Hall–Kier alpha value is -6.48. The molecular formula is C47H35F6NO2. The molecule has 1 fully saturated rings. The van der Waals surface area contributed by atoms with Crippen molar-refractivity contribution in [2.75, 3.05) is 4.90 Å². The molecule has 6 aromatic carbocycles. The molecule has 6 aromatic rings. The minimum absolute atomic E-state index is 0.279. The van der Waals surface area contributed by atoms with E-state index in [2.05, 4.69) is 75.1 Å². The Morgan fingerprint density at radius 2 is 0.625 bits per heavy atom. The number of rotatable bonds is 12. The van der Waals surface area contributed by atoms with Crippen molar-refractivity contribution in [2.45, 2.75) is 31.5 Å². The first-order valence-corrected chi connectivity index (χ1v) is 17.9. The fourth-order valence-corrected chi connectivity index (χ4v) is 6.09. The second-order valence-corrected chi connectivity index (χ2v) is 13.3. The van der Waals surface area contributed by atoms with Crippen LogP contribution >= 0.6 is 0 Å². The minimum atomic E-state index is -4.75. The highest BCUT2D eigenvalue weighted by Gasteiger charge is 2.31. The van der Waals surface area contributed by atoms with Crippen molar-refractivity contribution in [3.05, 3.63) is 185 Å². The molecule has 0 saturated heterocycles. The Balaban J connectivity index is 1.10. The second kappa shape index (κ2) is 16.5. The van der Waals surface area contributed by atoms with Crippen molar-refractivity contribution >= 4 is 53.5 Å². The quantitative estimate of drug-likeness (QED) is 0.0916. The van der Waals surface area contributed by atoms with Gasteiger partial charge in [0, 0.05) is 17.1 Å². The number of benzene rings is 6. The van der Waals surface area contributed by atoms with Gasteiger partial charge in [0.25, 0.3) is 0 Å². The van der Waals surface area contributed by atoms with E-state index in [0.29, 0.717) is 0 Å². The monoisotopic (exact) mass is 759 g/mol. The molecule has 0 unspecified atom stereocenters. The molecule has 1 aliphatic carbocycles. The van der Waals surface area contributed by atoms with E-state index in [1.165, 1.54) is 42.7 Å². The van der Waals surface area contributed by atoms with E-state index >= 15 is 0 Å². The first-order chi connectivity index (χ1) is 26.9. The van der Waals surface area contributed by atoms with Crippen LogP contribution in [0.1, 0.15) is 57.7 Å². The van der Waals surface area contributed by atoms with Crippen molar-refractivity contribution in [2.24, 2.45) is 0 Å². The van der Waals surface area contributed by atoms with E-state index < -0.39 is 12.7 Å². The largest absolute Gasteiger partial charge is 0.573 e. The number of ether oxygens (including phenoxy) is 2. The minimum Gasteiger partial charge on any atom is -0.406 e. The molecule has 9 heteroatoms. The van der Waals surface area contributed by atoms with Gasteiger partial charge in [-0.3, -0.25) is 0 Å². The van der Waals surface area contributed by atoms with Crippen LogP contribution < -0.4 is 14.4 Å². The van der Waals surface area contributed by atoms with Crippen molar-refractivity contribution < 1.29 is 35.8 Å². The molecule has 0 aliphatic heterocycles. The van der Waals surface area contributed by atoms with Gasteiger partial charge in [-0.25, -0.2) is 0 Å². The highest BCUT2D eigenvalue weighted by Crippen LogP contribution is 2.40. The van der Waals surface area contributed by atoms with Crippen LogP contribution in [0.3, 0.4) is 0 Å². The van der Waals surface area contributed by atoms with Crippen LogP contribution in [0.4, 0.5) is 43.4 Å². The number of halogens is 6. The smallest absolute Gasteiger partial charge is 0.406 e. The average Bonchev–Trinajstić information content (AvgIpc) is 4.03. The highest BCUT2D eigenvalue weighted by molar-refractivity contribution is 5.80. The third-order valence-corrected chi connectivity index (χ3v) is 9.07. The van der Waals surface area contributed by atoms with E-state index in [-0.39, 0.29) is 11.5 Å². The van der Waals surface area contributed by atoms with Gasteiger partial charge < -0.3 is 14.4 Å². The summed E-state index contributed by atoms with van der Waals surface area (Å²) in [6.07, 6.45) is 4.65. The number of hydrogen-bond donors (Lipinski definition) is 0. The predicted molar refractivity (Wildman–Crippen MR) is 213 cm³/mol. The van der Waals surface area contributed by atoms with Crippen molar-refractivity contribution in [3.63, 3.8) is 0 Å². The van der Waals surface area contributed by atoms with Crippen LogP contribution in [-0.2, 0) is 0 Å². The van der Waals surface area contributed by atoms with Gasteiger partial charge in [0.1, 0.15) is 11.5 Å². The molecule has 1 saturated carbocycles. The summed E-state index contributed by atoms with van der Waals surface area (Å²) in [6, 6.07) is 44.2. The third-order valence-electron chi connectivity index (χ3n) is 9.07. The molecule has 0 amide bonds. The first-order valence-electron chi connectivity index (χ1n) is 17.9. The summed E-state index contributed by atoms with van der Waals surface area (Å²) >= 11 is 0. The topological polar surface area (TPSA) is 21.7 Å². The van der Waals surface area contributed by atoms with E-state index in [0.717, 1.165) is 56.4 Å². The summed E-state index contributed by atoms with van der Waals surface area (Å²) in [5.41, 5.74) is 9.57. The third kappa shape index (κ3) is 10.8. The molecule has 0 aromatic heterocycles. The zero-order chi connectivity index (χ0) is 39.1. The van der Waals surface area contributed by atoms with Crippen LogP contribution in [0.2, 0.25) is 0 Å². The molecule has 1 aliphatic rings. The molecule has 0 N–H and O–H groups in total. The van der Waals surface area contributed by atoms with Crippen molar-refractivity contribution in [1.82, 2.24) is 0 Å². The molecule has 0 atom stereocenters. The lowest BCUT2D eigenvalue weighted by atomic mass is 10.1. The maximum absolute atomic E-state index is 12.5. The molecule has 7 rings (SSSR count). The summed E-state index contributed by atoms with van der Waals surface area (Å²) in [6.45, 7) is 0. The van der Waals surface area contributed by atoms with E-state index in [1.807, 2.05) is 72.8 Å². The number of hydrogen-bond acceptors (Lipinski definition) is 3. The maximum atomic E-state index is 12.5. The first kappa shape index (κ1) is 37.8. The average molecular weight is 760 g/mol. The highest BCUT2D eigenvalue weighted by atomic mass is 19.4. The van der Waals surface area contributed by atoms with Crippen LogP contribution in [0.15, 0.2) is 146 Å². The van der Waals surface area contributed by atoms with E-state index in [9.17, 15) is 26.3 Å². The lowest BCUT2D eigenvalue weighted by Crippen LogP contribution is -2.16. The molecule has 3 nitrogen and oxygen atoms in total. The molecule has 0 bridgehead atoms. The Kier molecular flexibility index (Phi) is 11.1. The lowest BCUT2D eigenvalue weighted by Gasteiger charge is -2.26. The fourth-order valence-electron chi connectivity index (χ4n) is 6.09. The molecule has 0 spiro atoms. The number of anilines is 3. The molecule has 282 valence electrons. The SMILES string of the molecule is FC(F)(F)Oc1ccc(/C=C/c2ccc(N(c3ccc(/C=C/c4ccc(OC(F)(F)F)cc4)cc3)c3ccc(/C=C/c4ccc(C5CC5)cc4)cc3)cc2)cc1. The Bertz CT molecular complexity index is 2170. The van der Waals surface area contributed by atoms with Gasteiger partial charge in [0.2, 0.25) is 0 Å². The molecule has 0 heterocycles. The van der Waals surface area contributed by atoms with Gasteiger partial charge in [0.15, 0.2) is 0 Å². The predicted octanol–water partition coefficient (Wildman–Crippen LogP) is 14.3. The van der Waals surface area contributed by atoms with Crippen LogP contribution in [0, 0.1) is 0 Å². The maximum Gasteiger partial charge on any atom is 0.573 e. The number of alkyl halides is 6.